The first kappa shape index (κ1) is 18.9. The van der Waals surface area contributed by atoms with Crippen LogP contribution in [0.25, 0.3) is 11.0 Å². The number of hydrogen-bond donors (Lipinski definition) is 2. The maximum Gasteiger partial charge on any atom is 0.251 e. The molecule has 2 N–H and O–H groups in total. The lowest BCUT2D eigenvalue weighted by Gasteiger charge is -2.11. The Kier molecular flexibility index (Phi) is 5.71. The summed E-state index contributed by atoms with van der Waals surface area (Å²) in [6, 6.07) is 13.0. The zero-order chi connectivity index (χ0) is 20.1. The van der Waals surface area contributed by atoms with Crippen LogP contribution in [0.1, 0.15) is 21.9 Å². The van der Waals surface area contributed by atoms with Gasteiger partial charge in [-0.25, -0.2) is 9.97 Å². The summed E-state index contributed by atoms with van der Waals surface area (Å²) < 4.78 is 11.1. The molecule has 0 bridgehead atoms. The number of imidazole rings is 1. The standard InChI is InChI=1S/C21H20N4O3S/c1-27-19-10-14(6-7-18(19)28-11-15-12-29-13-23-15)21(26)22-9-8-20-24-16-4-2-3-5-17(16)25-20/h2-7,10,12-13H,8-9,11H2,1H3,(H,22,26)(H,24,25). The summed E-state index contributed by atoms with van der Waals surface area (Å²) >= 11 is 1.52. The number of fused-ring (bicyclic) bond motifs is 1. The number of benzene rings is 2. The number of aromatic amines is 1. The summed E-state index contributed by atoms with van der Waals surface area (Å²) in [6.07, 6.45) is 0.617. The SMILES string of the molecule is COc1cc(C(=O)NCCc2nc3ccccc3[nH]2)ccc1OCc1cscn1. The van der Waals surface area contributed by atoms with Crippen LogP contribution in [-0.4, -0.2) is 34.5 Å². The van der Waals surface area contributed by atoms with Crippen molar-refractivity contribution in [1.29, 1.82) is 0 Å². The van der Waals surface area contributed by atoms with Gasteiger partial charge in [0, 0.05) is 23.9 Å². The van der Waals surface area contributed by atoms with E-state index in [-0.39, 0.29) is 5.91 Å². The molecule has 0 aliphatic rings. The minimum atomic E-state index is -0.175. The molecule has 148 valence electrons. The van der Waals surface area contributed by atoms with Crippen molar-refractivity contribution in [3.8, 4) is 11.5 Å². The molecule has 4 aromatic rings. The molecule has 2 aromatic heterocycles. The van der Waals surface area contributed by atoms with E-state index in [0.29, 0.717) is 36.6 Å². The highest BCUT2D eigenvalue weighted by Gasteiger charge is 2.12. The van der Waals surface area contributed by atoms with Gasteiger partial charge in [-0.3, -0.25) is 4.79 Å². The summed E-state index contributed by atoms with van der Waals surface area (Å²) in [4.78, 5) is 24.4. The number of carbonyl (C=O) groups excluding carboxylic acids is 1. The zero-order valence-corrected chi connectivity index (χ0v) is 16.7. The number of rotatable bonds is 8. The van der Waals surface area contributed by atoms with Crippen LogP contribution in [0.3, 0.4) is 0 Å². The van der Waals surface area contributed by atoms with Gasteiger partial charge >= 0.3 is 0 Å². The Morgan fingerprint density at radius 1 is 1.21 bits per heavy atom. The number of hydrogen-bond acceptors (Lipinski definition) is 6. The Hall–Kier alpha value is -3.39. The van der Waals surface area contributed by atoms with E-state index in [9.17, 15) is 4.79 Å². The van der Waals surface area contributed by atoms with Gasteiger partial charge in [-0.05, 0) is 30.3 Å². The highest BCUT2D eigenvalue weighted by Crippen LogP contribution is 2.28. The first-order chi connectivity index (χ1) is 14.2. The third kappa shape index (κ3) is 4.55. The van der Waals surface area contributed by atoms with Crippen LogP contribution in [-0.2, 0) is 13.0 Å². The molecule has 0 atom stereocenters. The minimum absolute atomic E-state index is 0.175. The molecule has 0 radical (unpaired) electrons. The summed E-state index contributed by atoms with van der Waals surface area (Å²) in [6.45, 7) is 0.825. The van der Waals surface area contributed by atoms with Crippen molar-refractivity contribution in [3.05, 3.63) is 70.4 Å². The molecular formula is C21H20N4O3S. The topological polar surface area (TPSA) is 89.1 Å². The van der Waals surface area contributed by atoms with Gasteiger partial charge in [-0.2, -0.15) is 0 Å². The van der Waals surface area contributed by atoms with Gasteiger partial charge < -0.3 is 19.8 Å². The van der Waals surface area contributed by atoms with Crippen molar-refractivity contribution in [2.24, 2.45) is 0 Å². The van der Waals surface area contributed by atoms with Crippen molar-refractivity contribution < 1.29 is 14.3 Å². The molecule has 2 aromatic carbocycles. The first-order valence-electron chi connectivity index (χ1n) is 9.12. The molecule has 4 rings (SSSR count). The average molecular weight is 408 g/mol. The van der Waals surface area contributed by atoms with E-state index in [1.54, 1.807) is 30.8 Å². The van der Waals surface area contributed by atoms with Gasteiger partial charge in [-0.1, -0.05) is 12.1 Å². The largest absolute Gasteiger partial charge is 0.493 e. The van der Waals surface area contributed by atoms with Crippen LogP contribution in [0.15, 0.2) is 53.4 Å². The Morgan fingerprint density at radius 3 is 2.90 bits per heavy atom. The quantitative estimate of drug-likeness (QED) is 0.465. The maximum atomic E-state index is 12.5. The normalized spacial score (nSPS) is 10.8. The summed E-state index contributed by atoms with van der Waals surface area (Å²) in [7, 11) is 1.55. The first-order valence-corrected chi connectivity index (χ1v) is 10.1. The molecule has 1 amide bonds. The maximum absolute atomic E-state index is 12.5. The molecule has 0 fully saturated rings. The second-order valence-electron chi connectivity index (χ2n) is 6.34. The predicted molar refractivity (Wildman–Crippen MR) is 112 cm³/mol. The van der Waals surface area contributed by atoms with Gasteiger partial charge in [0.1, 0.15) is 12.4 Å². The minimum Gasteiger partial charge on any atom is -0.493 e. The van der Waals surface area contributed by atoms with Gasteiger partial charge in [0.2, 0.25) is 0 Å². The second-order valence-corrected chi connectivity index (χ2v) is 7.06. The van der Waals surface area contributed by atoms with Gasteiger partial charge in [0.25, 0.3) is 5.91 Å². The fourth-order valence-corrected chi connectivity index (χ4v) is 3.45. The molecule has 0 saturated heterocycles. The van der Waals surface area contributed by atoms with E-state index in [2.05, 4.69) is 20.3 Å². The second kappa shape index (κ2) is 8.74. The summed E-state index contributed by atoms with van der Waals surface area (Å²) in [5.41, 5.74) is 5.03. The Morgan fingerprint density at radius 2 is 2.10 bits per heavy atom. The van der Waals surface area contributed by atoms with E-state index >= 15 is 0 Å². The summed E-state index contributed by atoms with van der Waals surface area (Å²) in [5, 5.41) is 4.84. The van der Waals surface area contributed by atoms with Crippen LogP contribution in [0.4, 0.5) is 0 Å². The third-order valence-corrected chi connectivity index (χ3v) is 5.01. The Bertz CT molecular complexity index is 1080. The van der Waals surface area contributed by atoms with E-state index in [0.717, 1.165) is 22.6 Å². The number of nitrogens with zero attached hydrogens (tertiary/aromatic N) is 2. The van der Waals surface area contributed by atoms with Crippen LogP contribution in [0.5, 0.6) is 11.5 Å². The van der Waals surface area contributed by atoms with Crippen LogP contribution in [0, 0.1) is 0 Å². The molecule has 29 heavy (non-hydrogen) atoms. The van der Waals surface area contributed by atoms with Gasteiger partial charge in [-0.15, -0.1) is 11.3 Å². The number of ether oxygens (including phenoxy) is 2. The average Bonchev–Trinajstić information content (AvgIpc) is 3.41. The van der Waals surface area contributed by atoms with Crippen LogP contribution in [0.2, 0.25) is 0 Å². The number of para-hydroxylation sites is 2. The fourth-order valence-electron chi connectivity index (χ4n) is 2.91. The van der Waals surface area contributed by atoms with Crippen molar-refractivity contribution >= 4 is 28.3 Å². The molecule has 0 saturated carbocycles. The third-order valence-electron chi connectivity index (χ3n) is 4.37. The number of carbonyl (C=O) groups is 1. The number of methoxy groups -OCH3 is 1. The number of aromatic nitrogens is 3. The van der Waals surface area contributed by atoms with Gasteiger partial charge in [0.05, 0.1) is 29.3 Å². The highest BCUT2D eigenvalue weighted by molar-refractivity contribution is 7.07. The molecule has 0 spiro atoms. The van der Waals surface area contributed by atoms with Crippen molar-refractivity contribution in [3.63, 3.8) is 0 Å². The van der Waals surface area contributed by atoms with E-state index < -0.39 is 0 Å². The number of nitrogens with one attached hydrogen (secondary N) is 2. The van der Waals surface area contributed by atoms with Crippen molar-refractivity contribution in [2.45, 2.75) is 13.0 Å². The molecule has 0 unspecified atom stereocenters. The van der Waals surface area contributed by atoms with Crippen molar-refractivity contribution in [2.75, 3.05) is 13.7 Å². The lowest BCUT2D eigenvalue weighted by Crippen LogP contribution is -2.26. The van der Waals surface area contributed by atoms with Crippen LogP contribution < -0.4 is 14.8 Å². The van der Waals surface area contributed by atoms with E-state index in [1.165, 1.54) is 11.3 Å². The smallest absolute Gasteiger partial charge is 0.251 e. The van der Waals surface area contributed by atoms with Gasteiger partial charge in [0.15, 0.2) is 11.5 Å². The molecular weight excluding hydrogens is 388 g/mol. The Labute approximate surface area is 171 Å². The Balaban J connectivity index is 1.35. The number of thiazole rings is 1. The lowest BCUT2D eigenvalue weighted by atomic mass is 10.2. The number of H-pyrrole nitrogens is 1. The number of amides is 1. The predicted octanol–water partition coefficient (Wildman–Crippen LogP) is 3.58. The monoisotopic (exact) mass is 408 g/mol. The summed E-state index contributed by atoms with van der Waals surface area (Å²) in [5.74, 6) is 1.74. The van der Waals surface area contributed by atoms with E-state index in [4.69, 9.17) is 9.47 Å². The molecule has 0 aliphatic heterocycles. The highest BCUT2D eigenvalue weighted by atomic mass is 32.1. The van der Waals surface area contributed by atoms with Crippen molar-refractivity contribution in [1.82, 2.24) is 20.3 Å². The fraction of sp³-hybridized carbons (Fsp3) is 0.190. The molecule has 8 heteroatoms. The molecule has 2 heterocycles. The zero-order valence-electron chi connectivity index (χ0n) is 15.8. The lowest BCUT2D eigenvalue weighted by molar-refractivity contribution is 0.0953. The van der Waals surface area contributed by atoms with E-state index in [1.807, 2.05) is 29.6 Å². The van der Waals surface area contributed by atoms with Crippen LogP contribution >= 0.6 is 11.3 Å². The molecule has 7 nitrogen and oxygen atoms in total. The molecule has 0 aliphatic carbocycles.